The van der Waals surface area contributed by atoms with Crippen molar-refractivity contribution >= 4 is 43.3 Å². The van der Waals surface area contributed by atoms with Gasteiger partial charge in [-0.1, -0.05) is 13.3 Å². The molecule has 0 spiro atoms. The van der Waals surface area contributed by atoms with Crippen LogP contribution in [0.2, 0.25) is 39.3 Å². The summed E-state index contributed by atoms with van der Waals surface area (Å²) in [5, 5.41) is 0. The minimum Gasteiger partial charge on any atom is -0.748 e. The SMILES string of the molecule is CCCCS(=O)(=O)[O-].CN(C)c1ccc([S+](c2ccc(O[Si](C)(C)C)cc2)c2ccc(O[Si](C)(C)C)cc2)cc1. The van der Waals surface area contributed by atoms with Crippen molar-refractivity contribution in [1.29, 1.82) is 0 Å². The Bertz CT molecular complexity index is 1220. The Morgan fingerprint density at radius 1 is 0.700 bits per heavy atom. The molecule has 0 bridgehead atoms. The van der Waals surface area contributed by atoms with Crippen LogP contribution in [-0.4, -0.2) is 49.5 Å². The molecular weight excluding hydrogens is 575 g/mol. The summed E-state index contributed by atoms with van der Waals surface area (Å²) in [7, 11) is -3.25. The van der Waals surface area contributed by atoms with Crippen LogP contribution in [0.4, 0.5) is 5.69 Å². The van der Waals surface area contributed by atoms with E-state index >= 15 is 0 Å². The number of hydrogen-bond acceptors (Lipinski definition) is 6. The van der Waals surface area contributed by atoms with Gasteiger partial charge < -0.3 is 18.3 Å². The van der Waals surface area contributed by atoms with E-state index in [4.69, 9.17) is 8.85 Å². The highest BCUT2D eigenvalue weighted by atomic mass is 32.2. The predicted molar refractivity (Wildman–Crippen MR) is 173 cm³/mol. The third-order valence-corrected chi connectivity index (χ3v) is 10.0. The highest BCUT2D eigenvalue weighted by molar-refractivity contribution is 7.97. The number of unbranched alkanes of at least 4 members (excludes halogenated alkanes) is 1. The molecular formula is C30H45NO5S2Si2. The summed E-state index contributed by atoms with van der Waals surface area (Å²) >= 11 is 0. The summed E-state index contributed by atoms with van der Waals surface area (Å²) in [4.78, 5) is 5.99. The normalized spacial score (nSPS) is 12.0. The van der Waals surface area contributed by atoms with Gasteiger partial charge >= 0.3 is 0 Å². The Labute approximate surface area is 247 Å². The fraction of sp³-hybridized carbons (Fsp3) is 0.400. The summed E-state index contributed by atoms with van der Waals surface area (Å²) in [5.74, 6) is 1.69. The Hall–Kier alpha value is -2.25. The molecule has 0 saturated carbocycles. The van der Waals surface area contributed by atoms with Crippen molar-refractivity contribution < 1.29 is 21.8 Å². The van der Waals surface area contributed by atoms with Gasteiger partial charge in [-0.3, -0.25) is 0 Å². The highest BCUT2D eigenvalue weighted by Gasteiger charge is 2.29. The molecule has 0 aliphatic rings. The summed E-state index contributed by atoms with van der Waals surface area (Å²) in [6, 6.07) is 26.2. The molecule has 0 unspecified atom stereocenters. The first-order valence-corrected chi connectivity index (χ1v) is 23.1. The average molecular weight is 620 g/mol. The molecule has 6 nitrogen and oxygen atoms in total. The van der Waals surface area contributed by atoms with Crippen LogP contribution in [0.3, 0.4) is 0 Å². The van der Waals surface area contributed by atoms with Crippen LogP contribution in [0.25, 0.3) is 0 Å². The number of nitrogens with zero attached hydrogens (tertiary/aromatic N) is 1. The molecule has 3 aromatic rings. The third-order valence-electron chi connectivity index (χ3n) is 5.30. The van der Waals surface area contributed by atoms with Crippen LogP contribution >= 0.6 is 0 Å². The lowest BCUT2D eigenvalue weighted by Gasteiger charge is -2.20. The van der Waals surface area contributed by atoms with E-state index in [1.54, 1.807) is 0 Å². The van der Waals surface area contributed by atoms with Gasteiger partial charge in [0.25, 0.3) is 0 Å². The van der Waals surface area contributed by atoms with E-state index < -0.39 is 26.8 Å². The predicted octanol–water partition coefficient (Wildman–Crippen LogP) is 7.61. The Morgan fingerprint density at radius 2 is 1.05 bits per heavy atom. The molecule has 3 aromatic carbocycles. The maximum absolute atomic E-state index is 9.83. The molecule has 10 heteroatoms. The van der Waals surface area contributed by atoms with Crippen molar-refractivity contribution in [2.45, 2.75) is 73.7 Å². The topological polar surface area (TPSA) is 78.9 Å². The van der Waals surface area contributed by atoms with Crippen molar-refractivity contribution in [3.8, 4) is 11.5 Å². The number of anilines is 1. The van der Waals surface area contributed by atoms with Crippen molar-refractivity contribution in [2.24, 2.45) is 0 Å². The summed E-state index contributed by atoms with van der Waals surface area (Å²) in [5.41, 5.74) is 1.20. The summed E-state index contributed by atoms with van der Waals surface area (Å²) < 4.78 is 41.9. The molecule has 0 amide bonds. The Morgan fingerprint density at radius 3 is 1.30 bits per heavy atom. The minimum atomic E-state index is -3.94. The van der Waals surface area contributed by atoms with Crippen molar-refractivity contribution in [3.05, 3.63) is 72.8 Å². The van der Waals surface area contributed by atoms with Crippen LogP contribution < -0.4 is 13.8 Å². The quantitative estimate of drug-likeness (QED) is 0.125. The smallest absolute Gasteiger partial charge is 0.242 e. The van der Waals surface area contributed by atoms with Crippen molar-refractivity contribution in [3.63, 3.8) is 0 Å². The molecule has 0 aliphatic heterocycles. The third kappa shape index (κ3) is 12.5. The zero-order chi connectivity index (χ0) is 30.1. The van der Waals surface area contributed by atoms with Crippen LogP contribution in [0.5, 0.6) is 11.5 Å². The Balaban J connectivity index is 0.000000611. The lowest BCUT2D eigenvalue weighted by atomic mass is 10.3. The molecule has 0 radical (unpaired) electrons. The number of hydrogen-bond donors (Lipinski definition) is 0. The maximum atomic E-state index is 9.83. The lowest BCUT2D eigenvalue weighted by Crippen LogP contribution is -2.29. The second-order valence-corrected chi connectivity index (χ2v) is 24.1. The zero-order valence-electron chi connectivity index (χ0n) is 25.4. The Kier molecular flexibility index (Phi) is 12.4. The second-order valence-electron chi connectivity index (χ2n) is 11.7. The summed E-state index contributed by atoms with van der Waals surface area (Å²) in [6.07, 6.45) is 1.23. The van der Waals surface area contributed by atoms with Gasteiger partial charge in [-0.15, -0.1) is 0 Å². The molecule has 3 rings (SSSR count). The molecule has 0 N–H and O–H groups in total. The fourth-order valence-electron chi connectivity index (χ4n) is 3.60. The van der Waals surface area contributed by atoms with Gasteiger partial charge in [0.1, 0.15) is 11.5 Å². The van der Waals surface area contributed by atoms with Crippen LogP contribution in [-0.2, 0) is 21.0 Å². The van der Waals surface area contributed by atoms with E-state index in [-0.39, 0.29) is 16.6 Å². The monoisotopic (exact) mass is 619 g/mol. The van der Waals surface area contributed by atoms with Crippen LogP contribution in [0.1, 0.15) is 19.8 Å². The molecule has 220 valence electrons. The molecule has 0 aliphatic carbocycles. The van der Waals surface area contributed by atoms with Crippen molar-refractivity contribution in [2.75, 3.05) is 24.7 Å². The number of benzene rings is 3. The van der Waals surface area contributed by atoms with E-state index in [2.05, 4.69) is 131 Å². The number of rotatable bonds is 11. The molecule has 0 heterocycles. The average Bonchev–Trinajstić information content (AvgIpc) is 2.83. The van der Waals surface area contributed by atoms with E-state index in [0.29, 0.717) is 6.42 Å². The van der Waals surface area contributed by atoms with Crippen molar-refractivity contribution in [1.82, 2.24) is 0 Å². The van der Waals surface area contributed by atoms with Crippen LogP contribution in [0, 0.1) is 0 Å². The second kappa shape index (κ2) is 14.6. The zero-order valence-corrected chi connectivity index (χ0v) is 29.0. The van der Waals surface area contributed by atoms with Gasteiger partial charge in [-0.25, -0.2) is 8.42 Å². The van der Waals surface area contributed by atoms with Gasteiger partial charge in [0.15, 0.2) is 14.7 Å². The summed E-state index contributed by atoms with van der Waals surface area (Å²) in [6.45, 7) is 15.1. The van der Waals surface area contributed by atoms with Gasteiger partial charge in [0, 0.05) is 25.5 Å². The standard InChI is InChI=1S/C26H36NO2SSi2.C4H10O3S/c1-27(2)21-9-15-24(16-10-21)30(25-17-11-22(12-18-25)28-31(3,4)5)26-19-13-23(14-20-26)29-32(6,7)8;1-2-3-4-8(5,6)7/h9-20H,1-8H3;2-4H2,1H3,(H,5,6,7)/q+1;/p-1. The van der Waals surface area contributed by atoms with Gasteiger partial charge in [0.05, 0.1) is 21.0 Å². The molecule has 0 saturated heterocycles. The van der Waals surface area contributed by atoms with E-state index in [1.807, 2.05) is 6.92 Å². The van der Waals surface area contributed by atoms with Gasteiger partial charge in [-0.05, 0) is 118 Å². The fourth-order valence-corrected chi connectivity index (χ4v) is 7.97. The minimum absolute atomic E-state index is 0.206. The van der Waals surface area contributed by atoms with E-state index in [0.717, 1.165) is 17.9 Å². The first kappa shape index (κ1) is 34.0. The molecule has 40 heavy (non-hydrogen) atoms. The molecule has 0 fully saturated rings. The first-order valence-electron chi connectivity index (χ1n) is 13.5. The van der Waals surface area contributed by atoms with Gasteiger partial charge in [0.2, 0.25) is 16.6 Å². The van der Waals surface area contributed by atoms with Gasteiger partial charge in [-0.2, -0.15) is 0 Å². The lowest BCUT2D eigenvalue weighted by molar-refractivity contribution is 0.461. The largest absolute Gasteiger partial charge is 0.748 e. The maximum Gasteiger partial charge on any atom is 0.242 e. The molecule has 0 aromatic heterocycles. The van der Waals surface area contributed by atoms with E-state index in [1.165, 1.54) is 20.4 Å². The van der Waals surface area contributed by atoms with E-state index in [9.17, 15) is 13.0 Å². The highest BCUT2D eigenvalue weighted by Crippen LogP contribution is 2.34. The first-order chi connectivity index (χ1) is 18.5. The molecule has 0 atom stereocenters. The van der Waals surface area contributed by atoms with Crippen LogP contribution in [0.15, 0.2) is 87.5 Å².